The van der Waals surface area contributed by atoms with Crippen molar-refractivity contribution in [2.45, 2.75) is 52.0 Å². The number of carbonyl (C=O) groups excluding carboxylic acids is 1. The maximum absolute atomic E-state index is 10.8. The van der Waals surface area contributed by atoms with Gasteiger partial charge in [-0.1, -0.05) is 20.8 Å². The van der Waals surface area contributed by atoms with Gasteiger partial charge in [0.2, 0.25) is 6.41 Å². The van der Waals surface area contributed by atoms with Gasteiger partial charge < -0.3 is 14.7 Å². The van der Waals surface area contributed by atoms with Crippen molar-refractivity contribution in [2.75, 3.05) is 6.54 Å². The number of rotatable bonds is 7. The minimum absolute atomic E-state index is 0.0314. The van der Waals surface area contributed by atoms with Gasteiger partial charge in [-0.15, -0.1) is 0 Å². The Labute approximate surface area is 91.2 Å². The first-order chi connectivity index (χ1) is 7.08. The molecule has 1 saturated heterocycles. The standard InChI is InChI=1S/C11H21NO3/c1-4-9(14)5-10-11(15-10)12(7-13)6-8(2)3/h7-11,14H,4-6H2,1-3H3. The highest BCUT2D eigenvalue weighted by Gasteiger charge is 2.44. The van der Waals surface area contributed by atoms with Gasteiger partial charge >= 0.3 is 0 Å². The molecule has 0 aromatic rings. The summed E-state index contributed by atoms with van der Waals surface area (Å²) in [6.45, 7) is 6.78. The van der Waals surface area contributed by atoms with Crippen LogP contribution in [-0.2, 0) is 9.53 Å². The summed E-state index contributed by atoms with van der Waals surface area (Å²) in [6.07, 6.45) is 1.81. The van der Waals surface area contributed by atoms with Crippen LogP contribution in [0.5, 0.6) is 0 Å². The third kappa shape index (κ3) is 3.80. The maximum Gasteiger partial charge on any atom is 0.211 e. The Bertz CT molecular complexity index is 208. The van der Waals surface area contributed by atoms with Crippen LogP contribution in [0.1, 0.15) is 33.6 Å². The van der Waals surface area contributed by atoms with Crippen LogP contribution in [0.25, 0.3) is 0 Å². The fourth-order valence-electron chi connectivity index (χ4n) is 1.66. The van der Waals surface area contributed by atoms with Crippen LogP contribution in [-0.4, -0.2) is 41.4 Å². The lowest BCUT2D eigenvalue weighted by atomic mass is 10.1. The third-order valence-corrected chi connectivity index (χ3v) is 2.57. The molecule has 15 heavy (non-hydrogen) atoms. The van der Waals surface area contributed by atoms with Crippen LogP contribution in [0.4, 0.5) is 0 Å². The van der Waals surface area contributed by atoms with Gasteiger partial charge in [-0.05, 0) is 12.3 Å². The SMILES string of the molecule is CCC(O)CC1OC1N(C=O)CC(C)C. The Morgan fingerprint density at radius 3 is 2.67 bits per heavy atom. The van der Waals surface area contributed by atoms with E-state index < -0.39 is 0 Å². The first kappa shape index (κ1) is 12.5. The Morgan fingerprint density at radius 1 is 1.53 bits per heavy atom. The van der Waals surface area contributed by atoms with E-state index in [0.717, 1.165) is 12.8 Å². The summed E-state index contributed by atoms with van der Waals surface area (Å²) in [6, 6.07) is 0. The summed E-state index contributed by atoms with van der Waals surface area (Å²) in [5.74, 6) is 0.441. The van der Waals surface area contributed by atoms with E-state index in [4.69, 9.17) is 4.74 Å². The Balaban J connectivity index is 2.30. The Hall–Kier alpha value is -0.610. The third-order valence-electron chi connectivity index (χ3n) is 2.57. The van der Waals surface area contributed by atoms with Gasteiger partial charge in [-0.25, -0.2) is 0 Å². The van der Waals surface area contributed by atoms with E-state index in [1.807, 2.05) is 6.92 Å². The van der Waals surface area contributed by atoms with Crippen LogP contribution < -0.4 is 0 Å². The van der Waals surface area contributed by atoms with E-state index in [9.17, 15) is 9.90 Å². The van der Waals surface area contributed by atoms with Crippen molar-refractivity contribution in [1.82, 2.24) is 4.90 Å². The smallest absolute Gasteiger partial charge is 0.211 e. The molecule has 3 atom stereocenters. The highest BCUT2D eigenvalue weighted by Crippen LogP contribution is 2.30. The molecule has 1 heterocycles. The van der Waals surface area contributed by atoms with E-state index in [0.29, 0.717) is 18.9 Å². The van der Waals surface area contributed by atoms with Gasteiger partial charge in [-0.2, -0.15) is 0 Å². The highest BCUT2D eigenvalue weighted by atomic mass is 16.6. The van der Waals surface area contributed by atoms with Gasteiger partial charge in [0.05, 0.1) is 6.10 Å². The second kappa shape index (κ2) is 5.47. The van der Waals surface area contributed by atoms with Crippen LogP contribution in [0, 0.1) is 5.92 Å². The maximum atomic E-state index is 10.8. The number of nitrogens with zero attached hydrogens (tertiary/aromatic N) is 1. The minimum Gasteiger partial charge on any atom is -0.393 e. The second-order valence-electron chi connectivity index (χ2n) is 4.56. The number of hydrogen-bond donors (Lipinski definition) is 1. The zero-order valence-corrected chi connectivity index (χ0v) is 9.72. The van der Waals surface area contributed by atoms with Gasteiger partial charge in [0.15, 0.2) is 6.23 Å². The van der Waals surface area contributed by atoms with Crippen molar-refractivity contribution in [3.63, 3.8) is 0 Å². The summed E-state index contributed by atoms with van der Waals surface area (Å²) >= 11 is 0. The number of epoxide rings is 1. The topological polar surface area (TPSA) is 53.1 Å². The van der Waals surface area contributed by atoms with Gasteiger partial charge in [0, 0.05) is 13.0 Å². The number of aliphatic hydroxyl groups is 1. The zero-order valence-electron chi connectivity index (χ0n) is 9.72. The van der Waals surface area contributed by atoms with Gasteiger partial charge in [0.25, 0.3) is 0 Å². The largest absolute Gasteiger partial charge is 0.393 e. The zero-order chi connectivity index (χ0) is 11.4. The predicted octanol–water partition coefficient (Wildman–Crippen LogP) is 0.987. The summed E-state index contributed by atoms with van der Waals surface area (Å²) in [5, 5.41) is 9.44. The summed E-state index contributed by atoms with van der Waals surface area (Å²) in [7, 11) is 0. The van der Waals surface area contributed by atoms with Gasteiger partial charge in [0.1, 0.15) is 6.10 Å². The predicted molar refractivity (Wildman–Crippen MR) is 57.2 cm³/mol. The van der Waals surface area contributed by atoms with Crippen LogP contribution >= 0.6 is 0 Å². The molecule has 88 valence electrons. The Kier molecular flexibility index (Phi) is 4.54. The fourth-order valence-corrected chi connectivity index (χ4v) is 1.66. The average Bonchev–Trinajstić information content (AvgIpc) is 2.93. The molecule has 1 fully saturated rings. The van der Waals surface area contributed by atoms with Crippen molar-refractivity contribution in [3.8, 4) is 0 Å². The molecule has 1 amide bonds. The molecule has 0 spiro atoms. The molecule has 1 aliphatic rings. The molecule has 1 rings (SSSR count). The summed E-state index contributed by atoms with van der Waals surface area (Å²) in [5.41, 5.74) is 0. The number of ether oxygens (including phenoxy) is 1. The molecule has 0 aliphatic carbocycles. The Morgan fingerprint density at radius 2 is 2.20 bits per heavy atom. The molecule has 4 heteroatoms. The molecule has 1 N–H and O–H groups in total. The van der Waals surface area contributed by atoms with E-state index in [1.54, 1.807) is 4.90 Å². The van der Waals surface area contributed by atoms with Crippen molar-refractivity contribution in [2.24, 2.45) is 5.92 Å². The summed E-state index contributed by atoms with van der Waals surface area (Å²) < 4.78 is 5.38. The van der Waals surface area contributed by atoms with Crippen molar-refractivity contribution in [3.05, 3.63) is 0 Å². The number of hydrogen-bond acceptors (Lipinski definition) is 3. The summed E-state index contributed by atoms with van der Waals surface area (Å²) in [4.78, 5) is 12.5. The number of amides is 1. The average molecular weight is 215 g/mol. The normalized spacial score (nSPS) is 26.5. The molecule has 1 aliphatic heterocycles. The molecular weight excluding hydrogens is 194 g/mol. The molecule has 0 radical (unpaired) electrons. The van der Waals surface area contributed by atoms with Crippen molar-refractivity contribution < 1.29 is 14.6 Å². The lowest BCUT2D eigenvalue weighted by molar-refractivity contribution is -0.120. The van der Waals surface area contributed by atoms with Crippen LogP contribution in [0.2, 0.25) is 0 Å². The first-order valence-corrected chi connectivity index (χ1v) is 5.63. The van der Waals surface area contributed by atoms with Crippen LogP contribution in [0.15, 0.2) is 0 Å². The van der Waals surface area contributed by atoms with Gasteiger partial charge in [-0.3, -0.25) is 4.79 Å². The van der Waals surface area contributed by atoms with E-state index >= 15 is 0 Å². The van der Waals surface area contributed by atoms with Crippen molar-refractivity contribution >= 4 is 6.41 Å². The van der Waals surface area contributed by atoms with Crippen LogP contribution in [0.3, 0.4) is 0 Å². The monoisotopic (exact) mass is 215 g/mol. The molecule has 4 nitrogen and oxygen atoms in total. The lowest BCUT2D eigenvalue weighted by Crippen LogP contribution is -2.31. The highest BCUT2D eigenvalue weighted by molar-refractivity contribution is 5.48. The fraction of sp³-hybridized carbons (Fsp3) is 0.909. The molecule has 0 aromatic carbocycles. The molecule has 0 saturated carbocycles. The van der Waals surface area contributed by atoms with E-state index in [2.05, 4.69) is 13.8 Å². The number of aliphatic hydroxyl groups excluding tert-OH is 1. The number of carbonyl (C=O) groups is 1. The quantitative estimate of drug-likeness (QED) is 0.509. The lowest BCUT2D eigenvalue weighted by Gasteiger charge is -2.17. The van der Waals surface area contributed by atoms with E-state index in [-0.39, 0.29) is 18.4 Å². The first-order valence-electron chi connectivity index (χ1n) is 5.63. The molecule has 0 aromatic heterocycles. The second-order valence-corrected chi connectivity index (χ2v) is 4.56. The van der Waals surface area contributed by atoms with Crippen molar-refractivity contribution in [1.29, 1.82) is 0 Å². The molecule has 0 bridgehead atoms. The molecule has 3 unspecified atom stereocenters. The minimum atomic E-state index is -0.312. The van der Waals surface area contributed by atoms with E-state index in [1.165, 1.54) is 0 Å². The molecular formula is C11H21NO3.